The van der Waals surface area contributed by atoms with Gasteiger partial charge in [0.2, 0.25) is 11.7 Å². The number of ether oxygens (including phenoxy) is 3. The number of likely N-dealkylation sites (N-methyl/N-ethyl adjacent to an activating group) is 1. The van der Waals surface area contributed by atoms with Crippen molar-refractivity contribution in [3.8, 4) is 17.2 Å². The number of anilines is 1. The molecule has 25 heavy (non-hydrogen) atoms. The van der Waals surface area contributed by atoms with Gasteiger partial charge >= 0.3 is 0 Å². The molecular weight excluding hydrogens is 324 g/mol. The van der Waals surface area contributed by atoms with Gasteiger partial charge in [-0.15, -0.1) is 6.58 Å². The van der Waals surface area contributed by atoms with Gasteiger partial charge in [0.25, 0.3) is 0 Å². The molecule has 0 heterocycles. The summed E-state index contributed by atoms with van der Waals surface area (Å²) in [6.45, 7) is 4.17. The van der Waals surface area contributed by atoms with E-state index in [4.69, 9.17) is 14.2 Å². The minimum atomic E-state index is -0.107. The van der Waals surface area contributed by atoms with E-state index in [1.165, 1.54) is 4.90 Å². The molecule has 0 aliphatic heterocycles. The quantitative estimate of drug-likeness (QED) is 0.418. The highest BCUT2D eigenvalue weighted by Crippen LogP contribution is 2.39. The van der Waals surface area contributed by atoms with Crippen molar-refractivity contribution in [1.82, 2.24) is 10.2 Å². The minimum absolute atomic E-state index is 0.0178. The van der Waals surface area contributed by atoms with Crippen LogP contribution in [0.1, 0.15) is 0 Å². The number of benzene rings is 1. The third-order valence-corrected chi connectivity index (χ3v) is 3.21. The summed E-state index contributed by atoms with van der Waals surface area (Å²) in [4.78, 5) is 17.5. The van der Waals surface area contributed by atoms with Gasteiger partial charge < -0.3 is 29.7 Å². The Bertz CT molecular complexity index is 604. The van der Waals surface area contributed by atoms with Gasteiger partial charge in [-0.25, -0.2) is 4.99 Å². The summed E-state index contributed by atoms with van der Waals surface area (Å²) < 4.78 is 16.0. The molecule has 0 aliphatic rings. The standard InChI is InChI=1S/C17H26N4O4/c1-7-8-18-17(19-11-15(22)21(2)3)20-12-9-13(23-4)16(25-6)14(10-12)24-5/h7,9-10H,1,8,11H2,2-6H3,(H2,18,19,20). The molecule has 0 atom stereocenters. The average molecular weight is 350 g/mol. The molecule has 8 heteroatoms. The third kappa shape index (κ3) is 5.91. The molecule has 1 aromatic carbocycles. The number of hydrogen-bond donors (Lipinski definition) is 2. The SMILES string of the molecule is C=CCNC(=NCC(=O)N(C)C)Nc1cc(OC)c(OC)c(OC)c1. The molecule has 1 rings (SSSR count). The smallest absolute Gasteiger partial charge is 0.243 e. The lowest BCUT2D eigenvalue weighted by Crippen LogP contribution is -2.33. The number of nitrogens with zero attached hydrogens (tertiary/aromatic N) is 2. The zero-order chi connectivity index (χ0) is 18.8. The molecular formula is C17H26N4O4. The van der Waals surface area contributed by atoms with E-state index in [1.807, 2.05) is 0 Å². The molecule has 0 bridgehead atoms. The maximum Gasteiger partial charge on any atom is 0.243 e. The highest BCUT2D eigenvalue weighted by atomic mass is 16.5. The Labute approximate surface area is 148 Å². The number of rotatable bonds is 8. The van der Waals surface area contributed by atoms with E-state index in [0.717, 1.165) is 0 Å². The lowest BCUT2D eigenvalue weighted by Gasteiger charge is -2.16. The van der Waals surface area contributed by atoms with Crippen LogP contribution in [0.4, 0.5) is 5.69 Å². The second-order valence-corrected chi connectivity index (χ2v) is 5.16. The molecule has 2 N–H and O–H groups in total. The molecule has 0 saturated carbocycles. The van der Waals surface area contributed by atoms with Crippen LogP contribution in [-0.4, -0.2) is 65.3 Å². The van der Waals surface area contributed by atoms with Crippen LogP contribution in [0.2, 0.25) is 0 Å². The summed E-state index contributed by atoms with van der Waals surface area (Å²) in [5, 5.41) is 6.17. The Hall–Kier alpha value is -2.90. The number of methoxy groups -OCH3 is 3. The molecule has 1 aromatic rings. The first kappa shape index (κ1) is 20.1. The molecule has 0 radical (unpaired) electrons. The fourth-order valence-electron chi connectivity index (χ4n) is 1.89. The number of amides is 1. The molecule has 0 aliphatic carbocycles. The molecule has 0 fully saturated rings. The van der Waals surface area contributed by atoms with E-state index in [-0.39, 0.29) is 12.5 Å². The van der Waals surface area contributed by atoms with Crippen LogP contribution in [0.25, 0.3) is 0 Å². The fraction of sp³-hybridized carbons (Fsp3) is 0.412. The Kier molecular flexibility index (Phi) is 8.11. The van der Waals surface area contributed by atoms with Gasteiger partial charge in [0.15, 0.2) is 17.5 Å². The Balaban J connectivity index is 3.08. The first-order chi connectivity index (χ1) is 12.0. The monoisotopic (exact) mass is 350 g/mol. The topological polar surface area (TPSA) is 84.4 Å². The Morgan fingerprint density at radius 3 is 2.24 bits per heavy atom. The van der Waals surface area contributed by atoms with Crippen molar-refractivity contribution in [3.63, 3.8) is 0 Å². The summed E-state index contributed by atoms with van der Waals surface area (Å²) in [5.41, 5.74) is 0.669. The second-order valence-electron chi connectivity index (χ2n) is 5.16. The average Bonchev–Trinajstić information content (AvgIpc) is 2.62. The number of nitrogens with one attached hydrogen (secondary N) is 2. The number of carbonyl (C=O) groups is 1. The maximum absolute atomic E-state index is 11.7. The Morgan fingerprint density at radius 2 is 1.80 bits per heavy atom. The van der Waals surface area contributed by atoms with E-state index >= 15 is 0 Å². The zero-order valence-electron chi connectivity index (χ0n) is 15.4. The van der Waals surface area contributed by atoms with E-state index in [9.17, 15) is 4.79 Å². The number of guanidine groups is 1. The van der Waals surface area contributed by atoms with Crippen molar-refractivity contribution in [3.05, 3.63) is 24.8 Å². The van der Waals surface area contributed by atoms with Gasteiger partial charge in [0, 0.05) is 38.5 Å². The van der Waals surface area contributed by atoms with Gasteiger partial charge in [-0.1, -0.05) is 6.08 Å². The first-order valence-electron chi connectivity index (χ1n) is 7.63. The molecule has 0 saturated heterocycles. The van der Waals surface area contributed by atoms with Crippen molar-refractivity contribution in [1.29, 1.82) is 0 Å². The molecule has 8 nitrogen and oxygen atoms in total. The fourth-order valence-corrected chi connectivity index (χ4v) is 1.89. The minimum Gasteiger partial charge on any atom is -0.493 e. The summed E-state index contributed by atoms with van der Waals surface area (Å²) in [7, 11) is 7.99. The van der Waals surface area contributed by atoms with E-state index < -0.39 is 0 Å². The van der Waals surface area contributed by atoms with Gasteiger partial charge in [0.1, 0.15) is 6.54 Å². The lowest BCUT2D eigenvalue weighted by molar-refractivity contribution is -0.127. The normalized spacial score (nSPS) is 10.7. The second kappa shape index (κ2) is 10.1. The number of aliphatic imine (C=N–C) groups is 1. The number of hydrogen-bond acceptors (Lipinski definition) is 5. The first-order valence-corrected chi connectivity index (χ1v) is 7.63. The van der Waals surface area contributed by atoms with Crippen LogP contribution in [-0.2, 0) is 4.79 Å². The lowest BCUT2D eigenvalue weighted by atomic mass is 10.2. The van der Waals surface area contributed by atoms with E-state index in [1.54, 1.807) is 53.6 Å². The van der Waals surface area contributed by atoms with Gasteiger partial charge in [-0.05, 0) is 0 Å². The highest BCUT2D eigenvalue weighted by molar-refractivity contribution is 5.95. The van der Waals surface area contributed by atoms with Gasteiger partial charge in [-0.2, -0.15) is 0 Å². The summed E-state index contributed by atoms with van der Waals surface area (Å²) in [6, 6.07) is 3.50. The van der Waals surface area contributed by atoms with Crippen molar-refractivity contribution in [2.75, 3.05) is 53.8 Å². The molecule has 0 spiro atoms. The number of carbonyl (C=O) groups excluding carboxylic acids is 1. The van der Waals surface area contributed by atoms with Gasteiger partial charge in [0.05, 0.1) is 21.3 Å². The van der Waals surface area contributed by atoms with Crippen LogP contribution in [0.15, 0.2) is 29.8 Å². The van der Waals surface area contributed by atoms with Crippen LogP contribution in [0.3, 0.4) is 0 Å². The van der Waals surface area contributed by atoms with Crippen molar-refractivity contribution in [2.24, 2.45) is 4.99 Å². The summed E-state index contributed by atoms with van der Waals surface area (Å²) in [6.07, 6.45) is 1.69. The molecule has 1 amide bonds. The van der Waals surface area contributed by atoms with E-state index in [0.29, 0.717) is 35.4 Å². The predicted molar refractivity (Wildman–Crippen MR) is 98.9 cm³/mol. The summed E-state index contributed by atoms with van der Waals surface area (Å²) in [5.74, 6) is 1.85. The van der Waals surface area contributed by atoms with Crippen LogP contribution in [0.5, 0.6) is 17.2 Å². The van der Waals surface area contributed by atoms with Crippen molar-refractivity contribution < 1.29 is 19.0 Å². The van der Waals surface area contributed by atoms with Crippen molar-refractivity contribution >= 4 is 17.6 Å². The van der Waals surface area contributed by atoms with Gasteiger partial charge in [-0.3, -0.25) is 4.79 Å². The predicted octanol–water partition coefficient (Wildman–Crippen LogP) is 1.34. The van der Waals surface area contributed by atoms with Crippen molar-refractivity contribution in [2.45, 2.75) is 0 Å². The van der Waals surface area contributed by atoms with E-state index in [2.05, 4.69) is 22.2 Å². The highest BCUT2D eigenvalue weighted by Gasteiger charge is 2.14. The van der Waals surface area contributed by atoms with Crippen LogP contribution >= 0.6 is 0 Å². The van der Waals surface area contributed by atoms with Crippen LogP contribution in [0, 0.1) is 0 Å². The maximum atomic E-state index is 11.7. The molecule has 0 aromatic heterocycles. The largest absolute Gasteiger partial charge is 0.493 e. The summed E-state index contributed by atoms with van der Waals surface area (Å²) >= 11 is 0. The zero-order valence-corrected chi connectivity index (χ0v) is 15.4. The Morgan fingerprint density at radius 1 is 1.20 bits per heavy atom. The van der Waals surface area contributed by atoms with Crippen LogP contribution < -0.4 is 24.8 Å². The third-order valence-electron chi connectivity index (χ3n) is 3.21. The molecule has 0 unspecified atom stereocenters. The molecule has 138 valence electrons.